The van der Waals surface area contributed by atoms with Crippen molar-refractivity contribution >= 4 is 39.8 Å². The van der Waals surface area contributed by atoms with Gasteiger partial charge in [-0.2, -0.15) is 0 Å². The molecule has 0 spiro atoms. The number of benzene rings is 1. The molecular weight excluding hydrogens is 460 g/mol. The minimum absolute atomic E-state index is 0. The lowest BCUT2D eigenvalue weighted by Gasteiger charge is -2.15. The van der Waals surface area contributed by atoms with Crippen LogP contribution in [0.4, 0.5) is 4.39 Å². The minimum atomic E-state index is -2.94. The molecule has 6 nitrogen and oxygen atoms in total. The zero-order chi connectivity index (χ0) is 18.0. The predicted molar refractivity (Wildman–Crippen MR) is 110 cm³/mol. The van der Waals surface area contributed by atoms with Gasteiger partial charge in [-0.1, -0.05) is 0 Å². The lowest BCUT2D eigenvalue weighted by molar-refractivity contribution is 0.230. The van der Waals surface area contributed by atoms with Gasteiger partial charge in [0.2, 0.25) is 0 Å². The Kier molecular flexibility index (Phi) is 11.7. The summed E-state index contributed by atoms with van der Waals surface area (Å²) >= 11 is 0. The van der Waals surface area contributed by atoms with Crippen LogP contribution in [-0.4, -0.2) is 52.1 Å². The Morgan fingerprint density at radius 1 is 1.28 bits per heavy atom. The number of nitrogens with zero attached hydrogens (tertiary/aromatic N) is 1. The van der Waals surface area contributed by atoms with Gasteiger partial charge in [0.05, 0.1) is 12.3 Å². The molecule has 0 radical (unpaired) electrons. The Bertz CT molecular complexity index is 624. The topological polar surface area (TPSA) is 79.8 Å². The van der Waals surface area contributed by atoms with Crippen LogP contribution in [0, 0.1) is 5.82 Å². The maximum absolute atomic E-state index is 12.9. The molecule has 0 aliphatic heterocycles. The third-order valence-corrected chi connectivity index (χ3v) is 4.02. The summed E-state index contributed by atoms with van der Waals surface area (Å²) < 4.78 is 40.7. The van der Waals surface area contributed by atoms with Crippen molar-refractivity contribution in [1.29, 1.82) is 0 Å². The number of guanidine groups is 1. The van der Waals surface area contributed by atoms with Crippen LogP contribution in [0.15, 0.2) is 29.3 Å². The van der Waals surface area contributed by atoms with Crippen LogP contribution in [0.25, 0.3) is 0 Å². The van der Waals surface area contributed by atoms with Gasteiger partial charge in [-0.05, 0) is 44.5 Å². The van der Waals surface area contributed by atoms with E-state index in [1.165, 1.54) is 18.4 Å². The molecule has 144 valence electrons. The van der Waals surface area contributed by atoms with Gasteiger partial charge in [-0.15, -0.1) is 24.0 Å². The number of ether oxygens (including phenoxy) is 1. The van der Waals surface area contributed by atoms with E-state index < -0.39 is 9.84 Å². The van der Waals surface area contributed by atoms with Gasteiger partial charge in [-0.3, -0.25) is 0 Å². The van der Waals surface area contributed by atoms with Crippen molar-refractivity contribution in [2.45, 2.75) is 26.4 Å². The maximum Gasteiger partial charge on any atom is 0.191 e. The van der Waals surface area contributed by atoms with E-state index in [2.05, 4.69) is 15.6 Å². The van der Waals surface area contributed by atoms with Crippen LogP contribution >= 0.6 is 24.0 Å². The Morgan fingerprint density at radius 2 is 1.92 bits per heavy atom. The molecule has 0 heterocycles. The highest BCUT2D eigenvalue weighted by molar-refractivity contribution is 14.0. The van der Waals surface area contributed by atoms with Crippen molar-refractivity contribution in [3.05, 3.63) is 30.1 Å². The van der Waals surface area contributed by atoms with E-state index in [9.17, 15) is 12.8 Å². The standard InChI is InChI=1S/C16H26FN3O3S.HI/c1-4-18-16(19-10-5-11-24(3,21)22)20-12-13(2)23-15-8-6-14(17)7-9-15;/h6-9,13H,4-5,10-12H2,1-3H3,(H2,18,19,20);1H. The molecule has 1 rings (SSSR count). The molecule has 2 N–H and O–H groups in total. The third kappa shape index (κ3) is 12.0. The molecule has 0 bridgehead atoms. The molecule has 0 aliphatic rings. The molecule has 9 heteroatoms. The van der Waals surface area contributed by atoms with E-state index in [-0.39, 0.29) is 41.7 Å². The number of hydrogen-bond acceptors (Lipinski definition) is 4. The molecule has 0 amide bonds. The van der Waals surface area contributed by atoms with Crippen LogP contribution in [0.5, 0.6) is 5.75 Å². The summed E-state index contributed by atoms with van der Waals surface area (Å²) in [4.78, 5) is 4.41. The van der Waals surface area contributed by atoms with Crippen molar-refractivity contribution in [3.8, 4) is 5.75 Å². The number of nitrogens with one attached hydrogen (secondary N) is 2. The zero-order valence-electron chi connectivity index (χ0n) is 14.8. The lowest BCUT2D eigenvalue weighted by Crippen LogP contribution is -2.39. The van der Waals surface area contributed by atoms with Gasteiger partial charge in [-0.25, -0.2) is 17.8 Å². The highest BCUT2D eigenvalue weighted by atomic mass is 127. The second kappa shape index (κ2) is 12.3. The molecule has 0 saturated heterocycles. The smallest absolute Gasteiger partial charge is 0.191 e. The van der Waals surface area contributed by atoms with Crippen LogP contribution in [0.2, 0.25) is 0 Å². The molecule has 1 unspecified atom stereocenters. The highest BCUT2D eigenvalue weighted by Gasteiger charge is 2.06. The predicted octanol–water partition coefficient (Wildman–Crippen LogP) is 2.20. The third-order valence-electron chi connectivity index (χ3n) is 2.99. The van der Waals surface area contributed by atoms with Crippen molar-refractivity contribution in [1.82, 2.24) is 10.6 Å². The van der Waals surface area contributed by atoms with Gasteiger partial charge in [0, 0.05) is 19.3 Å². The summed E-state index contributed by atoms with van der Waals surface area (Å²) in [6.45, 7) is 5.46. The van der Waals surface area contributed by atoms with Crippen molar-refractivity contribution < 1.29 is 17.5 Å². The van der Waals surface area contributed by atoms with Crippen LogP contribution in [0.3, 0.4) is 0 Å². The summed E-state index contributed by atoms with van der Waals surface area (Å²) in [7, 11) is -2.94. The number of rotatable bonds is 9. The Morgan fingerprint density at radius 3 is 2.48 bits per heavy atom. The average Bonchev–Trinajstić information content (AvgIpc) is 2.50. The SMILES string of the molecule is CCNC(=NCC(C)Oc1ccc(F)cc1)NCCCS(C)(=O)=O.I. The number of hydrogen-bond donors (Lipinski definition) is 2. The normalized spacial score (nSPS) is 12.9. The first-order valence-electron chi connectivity index (χ1n) is 7.92. The van der Waals surface area contributed by atoms with Gasteiger partial charge < -0.3 is 15.4 Å². The first-order valence-corrected chi connectivity index (χ1v) is 9.98. The van der Waals surface area contributed by atoms with Gasteiger partial charge >= 0.3 is 0 Å². The Hall–Kier alpha value is -1.10. The second-order valence-electron chi connectivity index (χ2n) is 5.51. The quantitative estimate of drug-likeness (QED) is 0.242. The van der Waals surface area contributed by atoms with Crippen molar-refractivity contribution in [2.24, 2.45) is 4.99 Å². The van der Waals surface area contributed by atoms with Crippen LogP contribution in [0.1, 0.15) is 20.3 Å². The van der Waals surface area contributed by atoms with E-state index in [0.717, 1.165) is 0 Å². The summed E-state index contributed by atoms with van der Waals surface area (Å²) in [6, 6.07) is 5.84. The first kappa shape index (κ1) is 23.9. The average molecular weight is 487 g/mol. The van der Waals surface area contributed by atoms with Crippen LogP contribution < -0.4 is 15.4 Å². The summed E-state index contributed by atoms with van der Waals surface area (Å²) in [5, 5.41) is 6.18. The summed E-state index contributed by atoms with van der Waals surface area (Å²) in [5.74, 6) is 1.04. The van der Waals surface area contributed by atoms with Crippen molar-refractivity contribution in [2.75, 3.05) is 31.6 Å². The fourth-order valence-electron chi connectivity index (χ4n) is 1.89. The summed E-state index contributed by atoms with van der Waals surface area (Å²) in [6.07, 6.45) is 1.56. The molecule has 1 atom stereocenters. The molecular formula is C16H27FIN3O3S. The van der Waals surface area contributed by atoms with E-state index in [4.69, 9.17) is 4.74 Å². The molecule has 0 aliphatic carbocycles. The molecule has 0 aromatic heterocycles. The number of halogens is 2. The first-order chi connectivity index (χ1) is 11.3. The summed E-state index contributed by atoms with van der Waals surface area (Å²) in [5.41, 5.74) is 0. The van der Waals surface area contributed by atoms with E-state index in [1.807, 2.05) is 13.8 Å². The molecule has 0 saturated carbocycles. The van der Waals surface area contributed by atoms with E-state index in [0.29, 0.717) is 37.8 Å². The Balaban J connectivity index is 0.00000576. The fraction of sp³-hybridized carbons (Fsp3) is 0.562. The second-order valence-corrected chi connectivity index (χ2v) is 7.77. The van der Waals surface area contributed by atoms with Gasteiger partial charge in [0.25, 0.3) is 0 Å². The van der Waals surface area contributed by atoms with Crippen molar-refractivity contribution in [3.63, 3.8) is 0 Å². The zero-order valence-corrected chi connectivity index (χ0v) is 17.9. The molecule has 0 fully saturated rings. The number of aliphatic imine (C=N–C) groups is 1. The fourth-order valence-corrected chi connectivity index (χ4v) is 2.55. The van der Waals surface area contributed by atoms with Gasteiger partial charge in [0.1, 0.15) is 27.5 Å². The lowest BCUT2D eigenvalue weighted by atomic mass is 10.3. The molecule has 1 aromatic rings. The Labute approximate surface area is 166 Å². The van der Waals surface area contributed by atoms with E-state index >= 15 is 0 Å². The minimum Gasteiger partial charge on any atom is -0.489 e. The maximum atomic E-state index is 12.9. The van der Waals surface area contributed by atoms with Crippen LogP contribution in [-0.2, 0) is 9.84 Å². The van der Waals surface area contributed by atoms with E-state index in [1.54, 1.807) is 12.1 Å². The number of sulfone groups is 1. The monoisotopic (exact) mass is 487 g/mol. The largest absolute Gasteiger partial charge is 0.489 e. The molecule has 1 aromatic carbocycles. The van der Waals surface area contributed by atoms with Gasteiger partial charge in [0.15, 0.2) is 5.96 Å². The highest BCUT2D eigenvalue weighted by Crippen LogP contribution is 2.12. The molecule has 25 heavy (non-hydrogen) atoms.